The zero-order chi connectivity index (χ0) is 12.8. The van der Waals surface area contributed by atoms with Gasteiger partial charge in [-0.15, -0.1) is 11.3 Å². The van der Waals surface area contributed by atoms with E-state index in [9.17, 15) is 0 Å². The van der Waals surface area contributed by atoms with Gasteiger partial charge in [0.1, 0.15) is 0 Å². The fraction of sp³-hybridized carbons (Fsp3) is 0.571. The van der Waals surface area contributed by atoms with Crippen LogP contribution in [0.2, 0.25) is 0 Å². The molecule has 1 aromatic rings. The molecule has 0 spiro atoms. The van der Waals surface area contributed by atoms with Gasteiger partial charge in [-0.3, -0.25) is 4.90 Å². The summed E-state index contributed by atoms with van der Waals surface area (Å²) in [5.41, 5.74) is 6.44. The lowest BCUT2D eigenvalue weighted by Crippen LogP contribution is -2.27. The number of thiophene rings is 1. The fourth-order valence-corrected chi connectivity index (χ4v) is 3.04. The maximum atomic E-state index is 5.65. The van der Waals surface area contributed by atoms with E-state index in [1.807, 2.05) is 0 Å². The van der Waals surface area contributed by atoms with E-state index in [0.717, 1.165) is 25.3 Å². The molecule has 1 atom stereocenters. The predicted octanol–water partition coefficient (Wildman–Crippen LogP) is 1.67. The Morgan fingerprint density at radius 1 is 1.61 bits per heavy atom. The lowest BCUT2D eigenvalue weighted by atomic mass is 10.2. The van der Waals surface area contributed by atoms with E-state index in [1.165, 1.54) is 17.7 Å². The standard InChI is InChI=1S/C14H20N2OS/c1-16(9-13-5-3-7-17-13)10-14-8-12(11-18-14)4-2-6-15/h8,11,13H,3,5-7,9-10,15H2,1H3. The van der Waals surface area contributed by atoms with Crippen molar-refractivity contribution in [3.63, 3.8) is 0 Å². The van der Waals surface area contributed by atoms with E-state index in [0.29, 0.717) is 12.6 Å². The highest BCUT2D eigenvalue weighted by molar-refractivity contribution is 7.10. The summed E-state index contributed by atoms with van der Waals surface area (Å²) in [6, 6.07) is 2.15. The molecule has 0 saturated carbocycles. The lowest BCUT2D eigenvalue weighted by Gasteiger charge is -2.19. The number of nitrogens with two attached hydrogens (primary N) is 1. The van der Waals surface area contributed by atoms with Gasteiger partial charge in [-0.25, -0.2) is 0 Å². The van der Waals surface area contributed by atoms with Crippen LogP contribution in [0.5, 0.6) is 0 Å². The Kier molecular flexibility index (Phi) is 5.21. The van der Waals surface area contributed by atoms with Crippen LogP contribution in [0.1, 0.15) is 23.3 Å². The molecule has 0 radical (unpaired) electrons. The van der Waals surface area contributed by atoms with Gasteiger partial charge >= 0.3 is 0 Å². The molecule has 1 aliphatic rings. The first-order valence-electron chi connectivity index (χ1n) is 6.34. The van der Waals surface area contributed by atoms with Crippen molar-refractivity contribution >= 4 is 11.3 Å². The van der Waals surface area contributed by atoms with E-state index in [-0.39, 0.29) is 0 Å². The van der Waals surface area contributed by atoms with Gasteiger partial charge in [-0.05, 0) is 26.0 Å². The van der Waals surface area contributed by atoms with Crippen molar-refractivity contribution in [1.29, 1.82) is 0 Å². The first kappa shape index (κ1) is 13.6. The molecule has 2 heterocycles. The number of ether oxygens (including phenoxy) is 1. The molecule has 1 fully saturated rings. The molecule has 0 aliphatic carbocycles. The largest absolute Gasteiger partial charge is 0.377 e. The van der Waals surface area contributed by atoms with Gasteiger partial charge in [0.25, 0.3) is 0 Å². The third kappa shape index (κ3) is 4.11. The molecule has 2 N–H and O–H groups in total. The second kappa shape index (κ2) is 6.91. The highest BCUT2D eigenvalue weighted by atomic mass is 32.1. The molecule has 2 rings (SSSR count). The summed E-state index contributed by atoms with van der Waals surface area (Å²) in [4.78, 5) is 3.67. The van der Waals surface area contributed by atoms with Crippen LogP contribution in [0.4, 0.5) is 0 Å². The molecule has 4 heteroatoms. The molecular formula is C14H20N2OS. The zero-order valence-electron chi connectivity index (χ0n) is 10.8. The third-order valence-corrected chi connectivity index (χ3v) is 3.88. The topological polar surface area (TPSA) is 38.5 Å². The predicted molar refractivity (Wildman–Crippen MR) is 75.6 cm³/mol. The molecule has 3 nitrogen and oxygen atoms in total. The van der Waals surface area contributed by atoms with Crippen LogP contribution in [0.15, 0.2) is 11.4 Å². The Bertz CT molecular complexity index is 426. The van der Waals surface area contributed by atoms with Gasteiger partial charge in [-0.1, -0.05) is 11.8 Å². The highest BCUT2D eigenvalue weighted by Gasteiger charge is 2.17. The molecule has 98 valence electrons. The highest BCUT2D eigenvalue weighted by Crippen LogP contribution is 2.18. The van der Waals surface area contributed by atoms with E-state index in [2.05, 4.69) is 35.2 Å². The van der Waals surface area contributed by atoms with Gasteiger partial charge in [0.2, 0.25) is 0 Å². The van der Waals surface area contributed by atoms with Crippen LogP contribution in [0.3, 0.4) is 0 Å². The Morgan fingerprint density at radius 3 is 3.22 bits per heavy atom. The molecule has 0 bridgehead atoms. The molecule has 1 saturated heterocycles. The summed E-state index contributed by atoms with van der Waals surface area (Å²) >= 11 is 1.76. The lowest BCUT2D eigenvalue weighted by molar-refractivity contribution is 0.0796. The fourth-order valence-electron chi connectivity index (χ4n) is 2.15. The molecule has 1 aliphatic heterocycles. The Morgan fingerprint density at radius 2 is 2.50 bits per heavy atom. The van der Waals surface area contributed by atoms with Crippen molar-refractivity contribution in [3.8, 4) is 11.8 Å². The number of hydrogen-bond donors (Lipinski definition) is 1. The summed E-state index contributed by atoms with van der Waals surface area (Å²) in [5, 5.41) is 2.10. The minimum Gasteiger partial charge on any atom is -0.377 e. The quantitative estimate of drug-likeness (QED) is 0.841. The average molecular weight is 264 g/mol. The van der Waals surface area contributed by atoms with Gasteiger partial charge in [-0.2, -0.15) is 0 Å². The second-order valence-corrected chi connectivity index (χ2v) is 5.64. The molecule has 0 amide bonds. The number of hydrogen-bond acceptors (Lipinski definition) is 4. The smallest absolute Gasteiger partial charge is 0.0702 e. The van der Waals surface area contributed by atoms with Gasteiger partial charge < -0.3 is 10.5 Å². The first-order chi connectivity index (χ1) is 8.78. The minimum atomic E-state index is 0.421. The van der Waals surface area contributed by atoms with Crippen molar-refractivity contribution in [2.45, 2.75) is 25.5 Å². The van der Waals surface area contributed by atoms with E-state index < -0.39 is 0 Å². The molecule has 1 unspecified atom stereocenters. The normalized spacial score (nSPS) is 18.9. The zero-order valence-corrected chi connectivity index (χ0v) is 11.6. The Balaban J connectivity index is 1.82. The summed E-state index contributed by atoms with van der Waals surface area (Å²) < 4.78 is 5.65. The van der Waals surface area contributed by atoms with E-state index >= 15 is 0 Å². The van der Waals surface area contributed by atoms with Crippen molar-refractivity contribution in [2.75, 3.05) is 26.7 Å². The maximum absolute atomic E-state index is 5.65. The first-order valence-corrected chi connectivity index (χ1v) is 7.22. The molecule has 1 aromatic heterocycles. The molecule has 0 aromatic carbocycles. The van der Waals surface area contributed by atoms with Crippen LogP contribution in [0.25, 0.3) is 0 Å². The van der Waals surface area contributed by atoms with Crippen LogP contribution in [-0.2, 0) is 11.3 Å². The summed E-state index contributed by atoms with van der Waals surface area (Å²) in [5.74, 6) is 5.94. The van der Waals surface area contributed by atoms with Crippen molar-refractivity contribution in [2.24, 2.45) is 5.73 Å². The van der Waals surface area contributed by atoms with E-state index in [4.69, 9.17) is 10.5 Å². The number of rotatable bonds is 4. The molecular weight excluding hydrogens is 244 g/mol. The van der Waals surface area contributed by atoms with Gasteiger partial charge in [0.05, 0.1) is 12.6 Å². The average Bonchev–Trinajstić information content (AvgIpc) is 2.98. The van der Waals surface area contributed by atoms with Gasteiger partial charge in [0.15, 0.2) is 0 Å². The second-order valence-electron chi connectivity index (χ2n) is 4.64. The van der Waals surface area contributed by atoms with E-state index in [1.54, 1.807) is 11.3 Å². The Labute approximate surface area is 113 Å². The van der Waals surface area contributed by atoms with Crippen LogP contribution >= 0.6 is 11.3 Å². The summed E-state index contributed by atoms with van der Waals surface area (Å²) in [6.07, 6.45) is 2.82. The molecule has 18 heavy (non-hydrogen) atoms. The maximum Gasteiger partial charge on any atom is 0.0702 e. The van der Waals surface area contributed by atoms with Crippen LogP contribution < -0.4 is 5.73 Å². The van der Waals surface area contributed by atoms with Crippen molar-refractivity contribution in [1.82, 2.24) is 4.90 Å². The van der Waals surface area contributed by atoms with Crippen molar-refractivity contribution in [3.05, 3.63) is 21.9 Å². The third-order valence-electron chi connectivity index (χ3n) is 2.95. The van der Waals surface area contributed by atoms with Crippen molar-refractivity contribution < 1.29 is 4.74 Å². The summed E-state index contributed by atoms with van der Waals surface area (Å²) in [6.45, 7) is 3.33. The Hall–Kier alpha value is -0.860. The monoisotopic (exact) mass is 264 g/mol. The number of nitrogens with zero attached hydrogens (tertiary/aromatic N) is 1. The van der Waals surface area contributed by atoms with Gasteiger partial charge in [0, 0.05) is 35.5 Å². The number of likely N-dealkylation sites (N-methyl/N-ethyl adjacent to an activating group) is 1. The summed E-state index contributed by atoms with van der Waals surface area (Å²) in [7, 11) is 2.15. The van der Waals surface area contributed by atoms with Crippen LogP contribution in [-0.4, -0.2) is 37.7 Å². The minimum absolute atomic E-state index is 0.421. The SMILES string of the molecule is CN(Cc1cc(C#CCN)cs1)CC1CCCO1. The van der Waals surface area contributed by atoms with Crippen LogP contribution in [0, 0.1) is 11.8 Å².